The van der Waals surface area contributed by atoms with Crippen LogP contribution in [0.4, 0.5) is 4.39 Å². The van der Waals surface area contributed by atoms with Crippen LogP contribution in [0.5, 0.6) is 0 Å². The molecule has 0 saturated heterocycles. The maximum atomic E-state index is 12.8. The number of carbonyl (C=O) groups is 1. The number of hydrogen-bond donors (Lipinski definition) is 1. The lowest BCUT2D eigenvalue weighted by atomic mass is 10.1. The molecule has 0 atom stereocenters. The second-order valence-electron chi connectivity index (χ2n) is 5.11. The summed E-state index contributed by atoms with van der Waals surface area (Å²) in [4.78, 5) is 16.1. The highest BCUT2D eigenvalue weighted by molar-refractivity contribution is 6.30. The molecule has 0 aliphatic carbocycles. The van der Waals surface area contributed by atoms with Crippen LogP contribution in [0.2, 0.25) is 5.02 Å². The minimum absolute atomic E-state index is 0.143. The zero-order valence-electron chi connectivity index (χ0n) is 12.5. The van der Waals surface area contributed by atoms with Crippen molar-refractivity contribution in [3.8, 4) is 11.5 Å². The van der Waals surface area contributed by atoms with E-state index >= 15 is 0 Å². The SMILES string of the molecule is O=C(Cc1ccc(F)cc1)NCc1noc(-c2cccc(Cl)c2)n1. The molecule has 0 bridgehead atoms. The van der Waals surface area contributed by atoms with E-state index in [-0.39, 0.29) is 24.7 Å². The molecule has 24 heavy (non-hydrogen) atoms. The average molecular weight is 346 g/mol. The lowest BCUT2D eigenvalue weighted by molar-refractivity contribution is -0.120. The molecular weight excluding hydrogens is 333 g/mol. The fourth-order valence-corrected chi connectivity index (χ4v) is 2.28. The highest BCUT2D eigenvalue weighted by Crippen LogP contribution is 2.20. The first-order valence-corrected chi connectivity index (χ1v) is 7.57. The monoisotopic (exact) mass is 345 g/mol. The molecule has 3 aromatic rings. The van der Waals surface area contributed by atoms with Crippen molar-refractivity contribution in [2.24, 2.45) is 0 Å². The highest BCUT2D eigenvalue weighted by Gasteiger charge is 2.10. The van der Waals surface area contributed by atoms with Gasteiger partial charge in [-0.25, -0.2) is 4.39 Å². The molecule has 122 valence electrons. The first kappa shape index (κ1) is 16.1. The predicted octanol–water partition coefficient (Wildman–Crippen LogP) is 3.39. The minimum Gasteiger partial charge on any atom is -0.348 e. The largest absolute Gasteiger partial charge is 0.348 e. The van der Waals surface area contributed by atoms with Gasteiger partial charge in [0, 0.05) is 10.6 Å². The van der Waals surface area contributed by atoms with Gasteiger partial charge >= 0.3 is 0 Å². The third kappa shape index (κ3) is 4.17. The van der Waals surface area contributed by atoms with Gasteiger partial charge in [0.1, 0.15) is 5.82 Å². The molecule has 0 saturated carbocycles. The number of carbonyl (C=O) groups excluding carboxylic acids is 1. The Hall–Kier alpha value is -2.73. The van der Waals surface area contributed by atoms with Crippen LogP contribution in [-0.4, -0.2) is 16.0 Å². The van der Waals surface area contributed by atoms with Crippen LogP contribution in [0.3, 0.4) is 0 Å². The molecule has 0 spiro atoms. The fraction of sp³-hybridized carbons (Fsp3) is 0.118. The van der Waals surface area contributed by atoms with Crippen molar-refractivity contribution in [2.75, 3.05) is 0 Å². The zero-order chi connectivity index (χ0) is 16.9. The molecule has 0 fully saturated rings. The van der Waals surface area contributed by atoms with Crippen molar-refractivity contribution in [1.82, 2.24) is 15.5 Å². The summed E-state index contributed by atoms with van der Waals surface area (Å²) in [6.45, 7) is 0.143. The Morgan fingerprint density at radius 1 is 1.21 bits per heavy atom. The van der Waals surface area contributed by atoms with Gasteiger partial charge < -0.3 is 9.84 Å². The summed E-state index contributed by atoms with van der Waals surface area (Å²) in [5, 5.41) is 7.08. The van der Waals surface area contributed by atoms with Crippen LogP contribution >= 0.6 is 11.6 Å². The Kier molecular flexibility index (Phi) is 4.86. The van der Waals surface area contributed by atoms with Gasteiger partial charge in [0.25, 0.3) is 5.89 Å². The van der Waals surface area contributed by atoms with Gasteiger partial charge in [-0.3, -0.25) is 4.79 Å². The first-order valence-electron chi connectivity index (χ1n) is 7.20. The van der Waals surface area contributed by atoms with Gasteiger partial charge in [0.05, 0.1) is 13.0 Å². The van der Waals surface area contributed by atoms with Gasteiger partial charge in [0.15, 0.2) is 5.82 Å². The molecule has 1 heterocycles. The number of halogens is 2. The van der Waals surface area contributed by atoms with Crippen molar-refractivity contribution in [3.63, 3.8) is 0 Å². The quantitative estimate of drug-likeness (QED) is 0.769. The van der Waals surface area contributed by atoms with E-state index in [0.29, 0.717) is 22.3 Å². The number of rotatable bonds is 5. The standard InChI is InChI=1S/C17H13ClFN3O2/c18-13-3-1-2-12(9-13)17-21-15(22-24-17)10-20-16(23)8-11-4-6-14(19)7-5-11/h1-7,9H,8,10H2,(H,20,23). The van der Waals surface area contributed by atoms with Crippen LogP contribution in [0, 0.1) is 5.82 Å². The molecule has 7 heteroatoms. The molecule has 0 aliphatic rings. The average Bonchev–Trinajstić information content (AvgIpc) is 3.04. The van der Waals surface area contributed by atoms with Crippen molar-refractivity contribution < 1.29 is 13.7 Å². The van der Waals surface area contributed by atoms with Crippen LogP contribution in [0.15, 0.2) is 53.1 Å². The fourth-order valence-electron chi connectivity index (χ4n) is 2.09. The summed E-state index contributed by atoms with van der Waals surface area (Å²) in [5.74, 6) is 0.146. The van der Waals surface area contributed by atoms with Crippen LogP contribution in [0.1, 0.15) is 11.4 Å². The smallest absolute Gasteiger partial charge is 0.258 e. The predicted molar refractivity (Wildman–Crippen MR) is 86.7 cm³/mol. The summed E-state index contributed by atoms with van der Waals surface area (Å²) >= 11 is 5.92. The van der Waals surface area contributed by atoms with Crippen molar-refractivity contribution in [2.45, 2.75) is 13.0 Å². The summed E-state index contributed by atoms with van der Waals surface area (Å²) in [6.07, 6.45) is 0.152. The van der Waals surface area contributed by atoms with E-state index in [2.05, 4.69) is 15.5 Å². The number of benzene rings is 2. The summed E-state index contributed by atoms with van der Waals surface area (Å²) in [7, 11) is 0. The van der Waals surface area contributed by atoms with E-state index in [0.717, 1.165) is 5.56 Å². The van der Waals surface area contributed by atoms with Crippen molar-refractivity contribution in [3.05, 3.63) is 70.8 Å². The molecule has 5 nitrogen and oxygen atoms in total. The normalized spacial score (nSPS) is 10.6. The maximum Gasteiger partial charge on any atom is 0.258 e. The van der Waals surface area contributed by atoms with E-state index in [9.17, 15) is 9.18 Å². The second kappa shape index (κ2) is 7.23. The van der Waals surface area contributed by atoms with E-state index in [1.807, 2.05) is 0 Å². The first-order chi connectivity index (χ1) is 11.6. The summed E-state index contributed by atoms with van der Waals surface area (Å²) in [5.41, 5.74) is 1.43. The Morgan fingerprint density at radius 2 is 2.00 bits per heavy atom. The number of nitrogens with one attached hydrogen (secondary N) is 1. The third-order valence-corrected chi connectivity index (χ3v) is 3.50. The van der Waals surface area contributed by atoms with Crippen LogP contribution < -0.4 is 5.32 Å². The van der Waals surface area contributed by atoms with Crippen molar-refractivity contribution >= 4 is 17.5 Å². The molecule has 3 rings (SSSR count). The number of hydrogen-bond acceptors (Lipinski definition) is 4. The molecule has 0 unspecified atom stereocenters. The lowest BCUT2D eigenvalue weighted by Gasteiger charge is -2.02. The number of amides is 1. The second-order valence-corrected chi connectivity index (χ2v) is 5.54. The summed E-state index contributed by atoms with van der Waals surface area (Å²) in [6, 6.07) is 12.8. The lowest BCUT2D eigenvalue weighted by Crippen LogP contribution is -2.25. The number of nitrogens with zero attached hydrogens (tertiary/aromatic N) is 2. The number of aromatic nitrogens is 2. The molecule has 1 amide bonds. The van der Waals surface area contributed by atoms with Crippen LogP contribution in [0.25, 0.3) is 11.5 Å². The maximum absolute atomic E-state index is 12.8. The van der Waals surface area contributed by atoms with E-state index in [1.165, 1.54) is 12.1 Å². The zero-order valence-corrected chi connectivity index (χ0v) is 13.3. The molecule has 1 aromatic heterocycles. The van der Waals surface area contributed by atoms with E-state index in [4.69, 9.17) is 16.1 Å². The molecule has 2 aromatic carbocycles. The van der Waals surface area contributed by atoms with Gasteiger partial charge in [-0.15, -0.1) is 0 Å². The molecule has 0 radical (unpaired) electrons. The Balaban J connectivity index is 1.57. The van der Waals surface area contributed by atoms with Crippen LogP contribution in [-0.2, 0) is 17.8 Å². The van der Waals surface area contributed by atoms with Gasteiger partial charge in [-0.05, 0) is 35.9 Å². The Morgan fingerprint density at radius 3 is 2.75 bits per heavy atom. The molecular formula is C17H13ClFN3O2. The van der Waals surface area contributed by atoms with E-state index in [1.54, 1.807) is 36.4 Å². The van der Waals surface area contributed by atoms with Gasteiger partial charge in [-0.2, -0.15) is 4.98 Å². The Labute approximate surface area is 142 Å². The highest BCUT2D eigenvalue weighted by atomic mass is 35.5. The topological polar surface area (TPSA) is 68.0 Å². The van der Waals surface area contributed by atoms with Gasteiger partial charge in [0.2, 0.25) is 5.91 Å². The van der Waals surface area contributed by atoms with E-state index < -0.39 is 0 Å². The molecule has 0 aliphatic heterocycles. The summed E-state index contributed by atoms with van der Waals surface area (Å²) < 4.78 is 18.0. The minimum atomic E-state index is -0.334. The third-order valence-electron chi connectivity index (χ3n) is 3.26. The Bertz CT molecular complexity index is 849. The van der Waals surface area contributed by atoms with Crippen molar-refractivity contribution in [1.29, 1.82) is 0 Å². The molecule has 1 N–H and O–H groups in total. The van der Waals surface area contributed by atoms with Gasteiger partial charge in [-0.1, -0.05) is 35.0 Å².